The van der Waals surface area contributed by atoms with Gasteiger partial charge in [-0.1, -0.05) is 0 Å². The van der Waals surface area contributed by atoms with E-state index in [1.165, 1.54) is 0 Å². The van der Waals surface area contributed by atoms with Crippen molar-refractivity contribution in [1.29, 1.82) is 0 Å². The molecule has 0 aliphatic heterocycles. The van der Waals surface area contributed by atoms with Crippen LogP contribution in [0.15, 0.2) is 6.07 Å². The molecule has 0 radical (unpaired) electrons. The third-order valence-electron chi connectivity index (χ3n) is 3.23. The minimum atomic E-state index is 0.150. The topological polar surface area (TPSA) is 38.8 Å². The lowest BCUT2D eigenvalue weighted by Crippen LogP contribution is -2.24. The van der Waals surface area contributed by atoms with E-state index in [-0.39, 0.29) is 5.78 Å². The number of rotatable bonds is 6. The SMILES string of the molecule is COc1cc(CN(C)CC(C)=O)c(OC)c(C)c1C. The number of carbonyl (C=O) groups excluding carboxylic acids is 1. The van der Waals surface area contributed by atoms with Gasteiger partial charge in [0.15, 0.2) is 0 Å². The van der Waals surface area contributed by atoms with Gasteiger partial charge in [0, 0.05) is 12.1 Å². The molecule has 0 bridgehead atoms. The molecule has 1 aromatic carbocycles. The molecule has 1 rings (SSSR count). The van der Waals surface area contributed by atoms with Crippen LogP contribution in [0.3, 0.4) is 0 Å². The highest BCUT2D eigenvalue weighted by molar-refractivity contribution is 5.77. The summed E-state index contributed by atoms with van der Waals surface area (Å²) in [6.45, 7) is 6.71. The van der Waals surface area contributed by atoms with Crippen LogP contribution >= 0.6 is 0 Å². The van der Waals surface area contributed by atoms with Crippen LogP contribution in [0.4, 0.5) is 0 Å². The van der Waals surface area contributed by atoms with E-state index in [4.69, 9.17) is 9.47 Å². The van der Waals surface area contributed by atoms with Crippen LogP contribution in [0.1, 0.15) is 23.6 Å². The van der Waals surface area contributed by atoms with Gasteiger partial charge in [-0.25, -0.2) is 0 Å². The summed E-state index contributed by atoms with van der Waals surface area (Å²) in [6, 6.07) is 1.98. The number of ether oxygens (including phenoxy) is 2. The van der Waals surface area contributed by atoms with Gasteiger partial charge in [0.05, 0.1) is 20.8 Å². The second kappa shape index (κ2) is 6.57. The molecule has 19 heavy (non-hydrogen) atoms. The predicted molar refractivity (Wildman–Crippen MR) is 76.0 cm³/mol. The van der Waals surface area contributed by atoms with Crippen molar-refractivity contribution in [3.05, 3.63) is 22.8 Å². The summed E-state index contributed by atoms with van der Waals surface area (Å²) in [6.07, 6.45) is 0. The van der Waals surface area contributed by atoms with E-state index < -0.39 is 0 Å². The van der Waals surface area contributed by atoms with Crippen LogP contribution in [0.5, 0.6) is 11.5 Å². The molecule has 4 nitrogen and oxygen atoms in total. The van der Waals surface area contributed by atoms with Crippen LogP contribution in [-0.4, -0.2) is 38.5 Å². The van der Waals surface area contributed by atoms with Gasteiger partial charge in [0.25, 0.3) is 0 Å². The van der Waals surface area contributed by atoms with Crippen molar-refractivity contribution in [3.8, 4) is 11.5 Å². The van der Waals surface area contributed by atoms with E-state index in [1.807, 2.05) is 31.9 Å². The number of ketones is 1. The van der Waals surface area contributed by atoms with Gasteiger partial charge in [-0.2, -0.15) is 0 Å². The lowest BCUT2D eigenvalue weighted by Gasteiger charge is -2.20. The fraction of sp³-hybridized carbons (Fsp3) is 0.533. The Kier molecular flexibility index (Phi) is 5.36. The van der Waals surface area contributed by atoms with Crippen LogP contribution in [0, 0.1) is 13.8 Å². The Hall–Kier alpha value is -1.55. The largest absolute Gasteiger partial charge is 0.496 e. The Labute approximate surface area is 115 Å². The zero-order valence-electron chi connectivity index (χ0n) is 12.7. The van der Waals surface area contributed by atoms with Crippen LogP contribution < -0.4 is 9.47 Å². The molecular weight excluding hydrogens is 242 g/mol. The monoisotopic (exact) mass is 265 g/mol. The van der Waals surface area contributed by atoms with Gasteiger partial charge in [-0.3, -0.25) is 9.69 Å². The first-order valence-corrected chi connectivity index (χ1v) is 6.29. The number of methoxy groups -OCH3 is 2. The van der Waals surface area contributed by atoms with E-state index in [0.29, 0.717) is 13.1 Å². The van der Waals surface area contributed by atoms with E-state index in [2.05, 4.69) is 0 Å². The van der Waals surface area contributed by atoms with Gasteiger partial charge >= 0.3 is 0 Å². The first-order valence-electron chi connectivity index (χ1n) is 6.29. The zero-order valence-corrected chi connectivity index (χ0v) is 12.7. The third kappa shape index (κ3) is 3.70. The van der Waals surface area contributed by atoms with Gasteiger partial charge in [0.2, 0.25) is 0 Å². The molecule has 0 aliphatic rings. The molecule has 0 unspecified atom stereocenters. The molecule has 0 heterocycles. The lowest BCUT2D eigenvalue weighted by atomic mass is 10.0. The Morgan fingerprint density at radius 3 is 2.32 bits per heavy atom. The number of hydrogen-bond donors (Lipinski definition) is 0. The number of nitrogens with zero attached hydrogens (tertiary/aromatic N) is 1. The maximum atomic E-state index is 11.1. The average molecular weight is 265 g/mol. The minimum absolute atomic E-state index is 0.150. The molecule has 0 amide bonds. The van der Waals surface area contributed by atoms with Crippen LogP contribution in [-0.2, 0) is 11.3 Å². The molecule has 0 saturated heterocycles. The average Bonchev–Trinajstić information content (AvgIpc) is 2.33. The lowest BCUT2D eigenvalue weighted by molar-refractivity contribution is -0.117. The minimum Gasteiger partial charge on any atom is -0.496 e. The van der Waals surface area contributed by atoms with Crippen molar-refractivity contribution < 1.29 is 14.3 Å². The summed E-state index contributed by atoms with van der Waals surface area (Å²) in [5, 5.41) is 0. The quantitative estimate of drug-likeness (QED) is 0.791. The highest BCUT2D eigenvalue weighted by Crippen LogP contribution is 2.33. The molecule has 0 atom stereocenters. The second-order valence-corrected chi connectivity index (χ2v) is 4.90. The molecule has 0 aliphatic carbocycles. The normalized spacial score (nSPS) is 10.7. The van der Waals surface area contributed by atoms with Crippen molar-refractivity contribution in [2.75, 3.05) is 27.8 Å². The molecule has 106 valence electrons. The standard InChI is InChI=1S/C15H23NO3/c1-10(17)8-16(4)9-13-7-14(18-5)11(2)12(3)15(13)19-6/h7H,8-9H2,1-6H3. The fourth-order valence-corrected chi connectivity index (χ4v) is 2.27. The Bertz CT molecular complexity index is 469. The summed E-state index contributed by atoms with van der Waals surface area (Å²) < 4.78 is 10.9. The number of hydrogen-bond acceptors (Lipinski definition) is 4. The number of likely N-dealkylation sites (N-methyl/N-ethyl adjacent to an activating group) is 1. The molecule has 0 saturated carbocycles. The molecule has 0 spiro atoms. The molecule has 0 fully saturated rings. The number of benzene rings is 1. The molecule has 1 aromatic rings. The van der Waals surface area contributed by atoms with Crippen molar-refractivity contribution in [3.63, 3.8) is 0 Å². The number of carbonyl (C=O) groups is 1. The molecule has 4 heteroatoms. The summed E-state index contributed by atoms with van der Waals surface area (Å²) in [7, 11) is 5.25. The molecule has 0 aromatic heterocycles. The van der Waals surface area contributed by atoms with Crippen LogP contribution in [0.2, 0.25) is 0 Å². The molecular formula is C15H23NO3. The highest BCUT2D eigenvalue weighted by Gasteiger charge is 2.15. The van der Waals surface area contributed by atoms with Crippen molar-refractivity contribution >= 4 is 5.78 Å². The highest BCUT2D eigenvalue weighted by atomic mass is 16.5. The van der Waals surface area contributed by atoms with E-state index in [9.17, 15) is 4.79 Å². The Morgan fingerprint density at radius 1 is 1.21 bits per heavy atom. The summed E-state index contributed by atoms with van der Waals surface area (Å²) >= 11 is 0. The van der Waals surface area contributed by atoms with Crippen molar-refractivity contribution in [1.82, 2.24) is 4.90 Å². The van der Waals surface area contributed by atoms with Gasteiger partial charge in [0.1, 0.15) is 17.3 Å². The Balaban J connectivity index is 3.11. The number of Topliss-reactive ketones (excluding diaryl/α,β-unsaturated/α-hetero) is 1. The third-order valence-corrected chi connectivity index (χ3v) is 3.23. The fourth-order valence-electron chi connectivity index (χ4n) is 2.27. The van der Waals surface area contributed by atoms with Gasteiger partial charge in [-0.15, -0.1) is 0 Å². The van der Waals surface area contributed by atoms with Gasteiger partial charge in [-0.05, 0) is 45.0 Å². The van der Waals surface area contributed by atoms with Gasteiger partial charge < -0.3 is 9.47 Å². The first-order chi connectivity index (χ1) is 8.90. The van der Waals surface area contributed by atoms with Crippen molar-refractivity contribution in [2.45, 2.75) is 27.3 Å². The summed E-state index contributed by atoms with van der Waals surface area (Å²) in [5.41, 5.74) is 3.19. The maximum absolute atomic E-state index is 11.1. The van der Waals surface area contributed by atoms with Crippen LogP contribution in [0.25, 0.3) is 0 Å². The zero-order chi connectivity index (χ0) is 14.6. The van der Waals surface area contributed by atoms with E-state index >= 15 is 0 Å². The smallest absolute Gasteiger partial charge is 0.143 e. The Morgan fingerprint density at radius 2 is 1.84 bits per heavy atom. The van der Waals surface area contributed by atoms with Crippen molar-refractivity contribution in [2.24, 2.45) is 0 Å². The van der Waals surface area contributed by atoms with E-state index in [1.54, 1.807) is 21.1 Å². The van der Waals surface area contributed by atoms with E-state index in [0.717, 1.165) is 28.2 Å². The molecule has 0 N–H and O–H groups in total. The second-order valence-electron chi connectivity index (χ2n) is 4.90. The summed E-state index contributed by atoms with van der Waals surface area (Å²) in [4.78, 5) is 13.1. The first kappa shape index (κ1) is 15.5. The summed E-state index contributed by atoms with van der Waals surface area (Å²) in [5.74, 6) is 1.87. The maximum Gasteiger partial charge on any atom is 0.143 e. The predicted octanol–water partition coefficient (Wildman–Crippen LogP) is 2.34.